The van der Waals surface area contributed by atoms with Crippen LogP contribution in [0.4, 0.5) is 5.82 Å². The summed E-state index contributed by atoms with van der Waals surface area (Å²) in [6.45, 7) is 5.25. The van der Waals surface area contributed by atoms with Crippen molar-refractivity contribution in [1.29, 1.82) is 0 Å². The second kappa shape index (κ2) is 3.56. The molecule has 0 amide bonds. The standard InChI is InChI=1S/C11H17N3/c1-3-11(6-7-11)8-12-10-5-4-9(2)13-14-10/h4-5H,3,6-8H2,1-2H3,(H,12,14). The van der Waals surface area contributed by atoms with Gasteiger partial charge in [0.25, 0.3) is 0 Å². The van der Waals surface area contributed by atoms with Crippen LogP contribution in [0.5, 0.6) is 0 Å². The molecule has 1 fully saturated rings. The van der Waals surface area contributed by atoms with Gasteiger partial charge in [-0.25, -0.2) is 0 Å². The molecule has 1 heterocycles. The fourth-order valence-corrected chi connectivity index (χ4v) is 1.60. The van der Waals surface area contributed by atoms with Crippen molar-refractivity contribution in [2.75, 3.05) is 11.9 Å². The SMILES string of the molecule is CCC1(CNc2ccc(C)nn2)CC1. The number of rotatable bonds is 4. The Labute approximate surface area is 84.9 Å². The lowest BCUT2D eigenvalue weighted by molar-refractivity contribution is 0.520. The summed E-state index contributed by atoms with van der Waals surface area (Å²) in [6.07, 6.45) is 3.98. The molecule has 0 aliphatic heterocycles. The van der Waals surface area contributed by atoms with E-state index < -0.39 is 0 Å². The fraction of sp³-hybridized carbons (Fsp3) is 0.636. The number of hydrogen-bond donors (Lipinski definition) is 1. The predicted molar refractivity (Wildman–Crippen MR) is 57.2 cm³/mol. The molecule has 3 nitrogen and oxygen atoms in total. The number of nitrogens with one attached hydrogen (secondary N) is 1. The highest BCUT2D eigenvalue weighted by Crippen LogP contribution is 2.48. The van der Waals surface area contributed by atoms with Gasteiger partial charge in [-0.1, -0.05) is 6.92 Å². The van der Waals surface area contributed by atoms with Gasteiger partial charge in [-0.15, -0.1) is 5.10 Å². The van der Waals surface area contributed by atoms with Crippen molar-refractivity contribution in [3.63, 3.8) is 0 Å². The molecule has 0 atom stereocenters. The van der Waals surface area contributed by atoms with Crippen LogP contribution in [0.2, 0.25) is 0 Å². The number of anilines is 1. The van der Waals surface area contributed by atoms with Crippen LogP contribution >= 0.6 is 0 Å². The van der Waals surface area contributed by atoms with Crippen molar-refractivity contribution >= 4 is 5.82 Å². The van der Waals surface area contributed by atoms with Gasteiger partial charge >= 0.3 is 0 Å². The van der Waals surface area contributed by atoms with E-state index in [1.807, 2.05) is 19.1 Å². The van der Waals surface area contributed by atoms with Crippen LogP contribution in [0.25, 0.3) is 0 Å². The van der Waals surface area contributed by atoms with Crippen molar-refractivity contribution in [1.82, 2.24) is 10.2 Å². The molecule has 2 rings (SSSR count). The van der Waals surface area contributed by atoms with Crippen LogP contribution in [-0.4, -0.2) is 16.7 Å². The first-order valence-corrected chi connectivity index (χ1v) is 5.28. The van der Waals surface area contributed by atoms with Crippen molar-refractivity contribution in [2.45, 2.75) is 33.1 Å². The van der Waals surface area contributed by atoms with Gasteiger partial charge in [-0.3, -0.25) is 0 Å². The first-order valence-electron chi connectivity index (χ1n) is 5.28. The minimum Gasteiger partial charge on any atom is -0.368 e. The molecule has 14 heavy (non-hydrogen) atoms. The summed E-state index contributed by atoms with van der Waals surface area (Å²) in [6, 6.07) is 3.98. The second-order valence-electron chi connectivity index (χ2n) is 4.27. The van der Waals surface area contributed by atoms with E-state index in [0.717, 1.165) is 18.1 Å². The lowest BCUT2D eigenvalue weighted by atomic mass is 10.0. The topological polar surface area (TPSA) is 37.8 Å². The van der Waals surface area contributed by atoms with Gasteiger partial charge in [-0.05, 0) is 43.7 Å². The fourth-order valence-electron chi connectivity index (χ4n) is 1.60. The number of aromatic nitrogens is 2. The monoisotopic (exact) mass is 191 g/mol. The summed E-state index contributed by atoms with van der Waals surface area (Å²) in [7, 11) is 0. The van der Waals surface area contributed by atoms with Gasteiger partial charge in [0, 0.05) is 6.54 Å². The van der Waals surface area contributed by atoms with Gasteiger partial charge in [0.05, 0.1) is 5.69 Å². The van der Waals surface area contributed by atoms with Crippen molar-refractivity contribution in [3.8, 4) is 0 Å². The molecule has 0 saturated heterocycles. The third-order valence-electron chi connectivity index (χ3n) is 3.15. The predicted octanol–water partition coefficient (Wildman–Crippen LogP) is 2.39. The van der Waals surface area contributed by atoms with Crippen LogP contribution in [0, 0.1) is 12.3 Å². The molecular formula is C11H17N3. The minimum absolute atomic E-state index is 0.562. The molecule has 0 bridgehead atoms. The summed E-state index contributed by atoms with van der Waals surface area (Å²) in [4.78, 5) is 0. The zero-order chi connectivity index (χ0) is 10.0. The van der Waals surface area contributed by atoms with E-state index in [1.54, 1.807) is 0 Å². The van der Waals surface area contributed by atoms with Gasteiger partial charge in [0.1, 0.15) is 5.82 Å². The Morgan fingerprint density at radius 2 is 2.14 bits per heavy atom. The Bertz CT molecular complexity index is 301. The largest absolute Gasteiger partial charge is 0.368 e. The van der Waals surface area contributed by atoms with Crippen molar-refractivity contribution in [2.24, 2.45) is 5.41 Å². The summed E-state index contributed by atoms with van der Waals surface area (Å²) in [5.74, 6) is 0.898. The first kappa shape index (κ1) is 9.44. The van der Waals surface area contributed by atoms with Gasteiger partial charge in [-0.2, -0.15) is 5.10 Å². The molecule has 0 spiro atoms. The number of nitrogens with zero attached hydrogens (tertiary/aromatic N) is 2. The molecule has 0 unspecified atom stereocenters. The van der Waals surface area contributed by atoms with Crippen molar-refractivity contribution < 1.29 is 0 Å². The number of aryl methyl sites for hydroxylation is 1. The quantitative estimate of drug-likeness (QED) is 0.794. The zero-order valence-corrected chi connectivity index (χ0v) is 8.88. The highest BCUT2D eigenvalue weighted by atomic mass is 15.2. The maximum atomic E-state index is 4.08. The van der Waals surface area contributed by atoms with E-state index in [0.29, 0.717) is 5.41 Å². The third-order valence-corrected chi connectivity index (χ3v) is 3.15. The molecule has 1 aromatic heterocycles. The lowest BCUT2D eigenvalue weighted by Gasteiger charge is -2.13. The van der Waals surface area contributed by atoms with E-state index in [1.165, 1.54) is 19.3 Å². The molecular weight excluding hydrogens is 174 g/mol. The van der Waals surface area contributed by atoms with Gasteiger partial charge in [0.15, 0.2) is 0 Å². The van der Waals surface area contributed by atoms with Crippen molar-refractivity contribution in [3.05, 3.63) is 17.8 Å². The van der Waals surface area contributed by atoms with Crippen LogP contribution in [0.1, 0.15) is 31.9 Å². The smallest absolute Gasteiger partial charge is 0.148 e. The zero-order valence-electron chi connectivity index (χ0n) is 8.88. The van der Waals surface area contributed by atoms with E-state index in [-0.39, 0.29) is 0 Å². The second-order valence-corrected chi connectivity index (χ2v) is 4.27. The Morgan fingerprint density at radius 1 is 1.36 bits per heavy atom. The van der Waals surface area contributed by atoms with Gasteiger partial charge < -0.3 is 5.32 Å². The Morgan fingerprint density at radius 3 is 2.64 bits per heavy atom. The molecule has 1 aliphatic carbocycles. The van der Waals surface area contributed by atoms with Gasteiger partial charge in [0.2, 0.25) is 0 Å². The maximum Gasteiger partial charge on any atom is 0.148 e. The molecule has 1 saturated carbocycles. The molecule has 76 valence electrons. The maximum absolute atomic E-state index is 4.08. The van der Waals surface area contributed by atoms with E-state index >= 15 is 0 Å². The Kier molecular flexibility index (Phi) is 2.40. The van der Waals surface area contributed by atoms with E-state index in [2.05, 4.69) is 22.4 Å². The molecule has 3 heteroatoms. The molecule has 1 aliphatic rings. The molecule has 0 radical (unpaired) electrons. The highest BCUT2D eigenvalue weighted by Gasteiger charge is 2.40. The van der Waals surface area contributed by atoms with Crippen LogP contribution < -0.4 is 5.32 Å². The minimum atomic E-state index is 0.562. The average Bonchev–Trinajstić information content (AvgIpc) is 2.98. The number of hydrogen-bond acceptors (Lipinski definition) is 3. The van der Waals surface area contributed by atoms with Crippen LogP contribution in [0.3, 0.4) is 0 Å². The highest BCUT2D eigenvalue weighted by molar-refractivity contribution is 5.33. The normalized spacial score (nSPS) is 17.9. The van der Waals surface area contributed by atoms with E-state index in [9.17, 15) is 0 Å². The Balaban J connectivity index is 1.89. The molecule has 0 aromatic carbocycles. The third kappa shape index (κ3) is 2.03. The summed E-state index contributed by atoms with van der Waals surface area (Å²) in [5, 5.41) is 11.4. The molecule has 1 N–H and O–H groups in total. The summed E-state index contributed by atoms with van der Waals surface area (Å²) >= 11 is 0. The van der Waals surface area contributed by atoms with Crippen LogP contribution in [-0.2, 0) is 0 Å². The first-order chi connectivity index (χ1) is 6.74. The lowest BCUT2D eigenvalue weighted by Crippen LogP contribution is -2.15. The average molecular weight is 191 g/mol. The summed E-state index contributed by atoms with van der Waals surface area (Å²) < 4.78 is 0. The van der Waals surface area contributed by atoms with Crippen LogP contribution in [0.15, 0.2) is 12.1 Å². The van der Waals surface area contributed by atoms with E-state index in [4.69, 9.17) is 0 Å². The summed E-state index contributed by atoms with van der Waals surface area (Å²) in [5.41, 5.74) is 1.53. The Hall–Kier alpha value is -1.12. The molecule has 1 aromatic rings.